The number of rotatable bonds is 4. The number of benzene rings is 1. The van der Waals surface area contributed by atoms with Gasteiger partial charge in [-0.05, 0) is 42.5 Å². The van der Waals surface area contributed by atoms with Gasteiger partial charge in [-0.15, -0.1) is 0 Å². The fraction of sp³-hybridized carbons (Fsp3) is 0.533. The summed E-state index contributed by atoms with van der Waals surface area (Å²) in [5.74, 6) is -0.275. The Morgan fingerprint density at radius 3 is 2.79 bits per heavy atom. The van der Waals surface area contributed by atoms with Crippen molar-refractivity contribution in [2.75, 3.05) is 19.6 Å². The Hall–Kier alpha value is -1.42. The third-order valence-corrected chi connectivity index (χ3v) is 3.68. The molecule has 4 heteroatoms. The summed E-state index contributed by atoms with van der Waals surface area (Å²) in [6.07, 6.45) is 2.60. The molecule has 1 unspecified atom stereocenters. The topological polar surface area (TPSA) is 41.1 Å². The number of hydrogen-bond acceptors (Lipinski definition) is 2. The van der Waals surface area contributed by atoms with Gasteiger partial charge in [0.2, 0.25) is 5.91 Å². The summed E-state index contributed by atoms with van der Waals surface area (Å²) in [5, 5.41) is 6.35. The zero-order chi connectivity index (χ0) is 13.7. The molecule has 0 radical (unpaired) electrons. The van der Waals surface area contributed by atoms with E-state index >= 15 is 0 Å². The van der Waals surface area contributed by atoms with Gasteiger partial charge < -0.3 is 10.6 Å². The lowest BCUT2D eigenvalue weighted by Gasteiger charge is -2.34. The number of amides is 1. The average Bonchev–Trinajstić information content (AvgIpc) is 2.40. The summed E-state index contributed by atoms with van der Waals surface area (Å²) in [4.78, 5) is 11.9. The molecule has 1 heterocycles. The Kier molecular flexibility index (Phi) is 4.53. The molecule has 19 heavy (non-hydrogen) atoms. The third-order valence-electron chi connectivity index (χ3n) is 3.68. The molecule has 2 N–H and O–H groups in total. The van der Waals surface area contributed by atoms with Crippen molar-refractivity contribution in [1.82, 2.24) is 10.6 Å². The molecule has 1 atom stereocenters. The number of halogens is 1. The van der Waals surface area contributed by atoms with Gasteiger partial charge >= 0.3 is 0 Å². The Balaban J connectivity index is 1.79. The van der Waals surface area contributed by atoms with Crippen molar-refractivity contribution in [3.8, 4) is 0 Å². The minimum Gasteiger partial charge on any atom is -0.355 e. The zero-order valence-corrected chi connectivity index (χ0v) is 11.3. The molecule has 1 fully saturated rings. The lowest BCUT2D eigenvalue weighted by molar-refractivity contribution is -0.121. The first kappa shape index (κ1) is 14.0. The third kappa shape index (κ3) is 4.31. The van der Waals surface area contributed by atoms with Crippen LogP contribution in [-0.2, 0) is 11.2 Å². The van der Waals surface area contributed by atoms with Gasteiger partial charge in [-0.25, -0.2) is 4.39 Å². The van der Waals surface area contributed by atoms with E-state index in [2.05, 4.69) is 17.6 Å². The summed E-state index contributed by atoms with van der Waals surface area (Å²) in [5.41, 5.74) is 0.988. The molecule has 1 aromatic rings. The second-order valence-corrected chi connectivity index (χ2v) is 5.67. The van der Waals surface area contributed by atoms with E-state index in [9.17, 15) is 9.18 Å². The molecule has 0 aliphatic carbocycles. The van der Waals surface area contributed by atoms with Crippen LogP contribution in [0.5, 0.6) is 0 Å². The van der Waals surface area contributed by atoms with E-state index in [1.54, 1.807) is 12.1 Å². The smallest absolute Gasteiger partial charge is 0.224 e. The van der Waals surface area contributed by atoms with E-state index < -0.39 is 0 Å². The maximum absolute atomic E-state index is 12.8. The van der Waals surface area contributed by atoms with E-state index in [0.29, 0.717) is 13.0 Å². The van der Waals surface area contributed by atoms with Crippen molar-refractivity contribution >= 4 is 5.91 Å². The van der Waals surface area contributed by atoms with Gasteiger partial charge in [-0.1, -0.05) is 19.1 Å². The molecule has 1 amide bonds. The highest BCUT2D eigenvalue weighted by molar-refractivity contribution is 5.78. The molecular formula is C15H21FN2O. The predicted octanol–water partition coefficient (Wildman–Crippen LogP) is 1.87. The normalized spacial score (nSPS) is 23.1. The van der Waals surface area contributed by atoms with E-state index in [-0.39, 0.29) is 17.1 Å². The Morgan fingerprint density at radius 1 is 1.42 bits per heavy atom. The van der Waals surface area contributed by atoms with Crippen molar-refractivity contribution < 1.29 is 9.18 Å². The van der Waals surface area contributed by atoms with Crippen LogP contribution < -0.4 is 10.6 Å². The van der Waals surface area contributed by atoms with Crippen molar-refractivity contribution in [1.29, 1.82) is 0 Å². The van der Waals surface area contributed by atoms with E-state index in [0.717, 1.165) is 31.5 Å². The minimum absolute atomic E-state index is 0.00148. The molecule has 2 rings (SSSR count). The van der Waals surface area contributed by atoms with Crippen LogP contribution in [0.2, 0.25) is 0 Å². The molecule has 0 saturated carbocycles. The quantitative estimate of drug-likeness (QED) is 0.871. The lowest BCUT2D eigenvalue weighted by atomic mass is 9.83. The second kappa shape index (κ2) is 6.15. The largest absolute Gasteiger partial charge is 0.355 e. The number of carbonyl (C=O) groups excluding carboxylic acids is 1. The van der Waals surface area contributed by atoms with E-state index in [1.165, 1.54) is 12.1 Å². The van der Waals surface area contributed by atoms with Gasteiger partial charge in [0.15, 0.2) is 0 Å². The number of nitrogens with one attached hydrogen (secondary N) is 2. The monoisotopic (exact) mass is 264 g/mol. The van der Waals surface area contributed by atoms with Crippen LogP contribution in [0.25, 0.3) is 0 Å². The van der Waals surface area contributed by atoms with Gasteiger partial charge in [0.05, 0.1) is 6.42 Å². The Morgan fingerprint density at radius 2 is 2.16 bits per heavy atom. The molecular weight excluding hydrogens is 243 g/mol. The van der Waals surface area contributed by atoms with Crippen LogP contribution in [0.1, 0.15) is 25.3 Å². The van der Waals surface area contributed by atoms with Gasteiger partial charge in [0.1, 0.15) is 5.82 Å². The first-order valence-electron chi connectivity index (χ1n) is 6.79. The summed E-state index contributed by atoms with van der Waals surface area (Å²) in [6.45, 7) is 4.90. The van der Waals surface area contributed by atoms with Gasteiger partial charge in [-0.2, -0.15) is 0 Å². The maximum Gasteiger partial charge on any atom is 0.224 e. The predicted molar refractivity (Wildman–Crippen MR) is 73.3 cm³/mol. The van der Waals surface area contributed by atoms with Crippen LogP contribution >= 0.6 is 0 Å². The van der Waals surface area contributed by atoms with Gasteiger partial charge in [0.25, 0.3) is 0 Å². The zero-order valence-electron chi connectivity index (χ0n) is 11.3. The summed E-state index contributed by atoms with van der Waals surface area (Å²) in [7, 11) is 0. The highest BCUT2D eigenvalue weighted by Gasteiger charge is 2.26. The first-order chi connectivity index (χ1) is 9.07. The Labute approximate surface area is 113 Å². The van der Waals surface area contributed by atoms with Crippen molar-refractivity contribution in [3.05, 3.63) is 35.6 Å². The SMILES string of the molecule is CC1(CNC(=O)Cc2ccc(F)cc2)CCCNC1. The van der Waals surface area contributed by atoms with Crippen LogP contribution in [0, 0.1) is 11.2 Å². The van der Waals surface area contributed by atoms with Crippen LogP contribution in [0.3, 0.4) is 0 Å². The lowest BCUT2D eigenvalue weighted by Crippen LogP contribution is -2.45. The van der Waals surface area contributed by atoms with E-state index in [4.69, 9.17) is 0 Å². The molecule has 1 aliphatic rings. The second-order valence-electron chi connectivity index (χ2n) is 5.67. The number of carbonyl (C=O) groups is 1. The summed E-state index contributed by atoms with van der Waals surface area (Å²) in [6, 6.07) is 6.07. The highest BCUT2D eigenvalue weighted by Crippen LogP contribution is 2.24. The number of piperidine rings is 1. The van der Waals surface area contributed by atoms with Gasteiger partial charge in [0, 0.05) is 13.1 Å². The molecule has 0 spiro atoms. The van der Waals surface area contributed by atoms with Crippen molar-refractivity contribution in [2.24, 2.45) is 5.41 Å². The van der Waals surface area contributed by atoms with Crippen LogP contribution in [0.15, 0.2) is 24.3 Å². The molecule has 0 aromatic heterocycles. The van der Waals surface area contributed by atoms with Crippen LogP contribution in [-0.4, -0.2) is 25.5 Å². The molecule has 1 saturated heterocycles. The highest BCUT2D eigenvalue weighted by atomic mass is 19.1. The van der Waals surface area contributed by atoms with Crippen molar-refractivity contribution in [2.45, 2.75) is 26.2 Å². The fourth-order valence-electron chi connectivity index (χ4n) is 2.43. The van der Waals surface area contributed by atoms with Crippen LogP contribution in [0.4, 0.5) is 4.39 Å². The molecule has 3 nitrogen and oxygen atoms in total. The summed E-state index contributed by atoms with van der Waals surface area (Å²) < 4.78 is 12.8. The maximum atomic E-state index is 12.8. The molecule has 1 aliphatic heterocycles. The first-order valence-corrected chi connectivity index (χ1v) is 6.79. The molecule has 104 valence electrons. The van der Waals surface area contributed by atoms with Crippen molar-refractivity contribution in [3.63, 3.8) is 0 Å². The van der Waals surface area contributed by atoms with Gasteiger partial charge in [-0.3, -0.25) is 4.79 Å². The molecule has 1 aromatic carbocycles. The Bertz CT molecular complexity index is 424. The fourth-order valence-corrected chi connectivity index (χ4v) is 2.43. The summed E-state index contributed by atoms with van der Waals surface area (Å²) >= 11 is 0. The van der Waals surface area contributed by atoms with E-state index in [1.807, 2.05) is 0 Å². The number of hydrogen-bond donors (Lipinski definition) is 2. The average molecular weight is 264 g/mol. The minimum atomic E-state index is -0.273. The molecule has 0 bridgehead atoms. The standard InChI is InChI=1S/C15H21FN2O/c1-15(7-2-8-17-10-15)11-18-14(19)9-12-3-5-13(16)6-4-12/h3-6,17H,2,7-11H2,1H3,(H,18,19).